The Balaban J connectivity index is 1.23. The number of benzene rings is 2. The summed E-state index contributed by atoms with van der Waals surface area (Å²) in [5.74, 6) is 2.52. The molecule has 4 aromatic rings. The fourth-order valence-corrected chi connectivity index (χ4v) is 8.22. The summed E-state index contributed by atoms with van der Waals surface area (Å²) in [5.41, 5.74) is 2.25. The lowest BCUT2D eigenvalue weighted by atomic mass is 9.45. The van der Waals surface area contributed by atoms with Crippen LogP contribution < -0.4 is 20.9 Å². The molecule has 4 aliphatic rings. The van der Waals surface area contributed by atoms with Crippen LogP contribution in [0.1, 0.15) is 39.2 Å². The number of aryl methyl sites for hydroxylation is 1. The van der Waals surface area contributed by atoms with E-state index in [4.69, 9.17) is 14.7 Å². The molecule has 12 heteroatoms. The van der Waals surface area contributed by atoms with Crippen molar-refractivity contribution in [2.24, 2.45) is 28.2 Å². The van der Waals surface area contributed by atoms with Gasteiger partial charge in [0.1, 0.15) is 17.4 Å². The van der Waals surface area contributed by atoms with Gasteiger partial charge in [-0.25, -0.2) is 23.1 Å². The van der Waals surface area contributed by atoms with Gasteiger partial charge in [0.25, 0.3) is 12.0 Å². The van der Waals surface area contributed by atoms with Crippen molar-refractivity contribution >= 4 is 22.5 Å². The molecule has 4 fully saturated rings. The van der Waals surface area contributed by atoms with Gasteiger partial charge in [-0.3, -0.25) is 14.3 Å². The molecule has 50 heavy (non-hydrogen) atoms. The maximum Gasteiger partial charge on any atom is 0.261 e. The first-order valence-corrected chi connectivity index (χ1v) is 17.4. The van der Waals surface area contributed by atoms with Crippen LogP contribution in [-0.4, -0.2) is 70.6 Å². The summed E-state index contributed by atoms with van der Waals surface area (Å²) in [5, 5.41) is 6.80. The summed E-state index contributed by atoms with van der Waals surface area (Å²) in [6.07, 6.45) is 3.24. The zero-order valence-electron chi connectivity index (χ0n) is 28.9. The molecule has 3 heterocycles. The topological polar surface area (TPSA) is 96.7 Å². The number of aromatic nitrogens is 3. The highest BCUT2D eigenvalue weighted by Gasteiger charge is 2.56. The number of nitrogens with zero attached hydrogens (tertiary/aromatic N) is 5. The van der Waals surface area contributed by atoms with Crippen LogP contribution in [-0.2, 0) is 13.0 Å². The molecular weight excluding hydrogens is 643 g/mol. The molecule has 2 aromatic carbocycles. The van der Waals surface area contributed by atoms with Gasteiger partial charge in [0, 0.05) is 55.9 Å². The van der Waals surface area contributed by atoms with Crippen LogP contribution in [0.5, 0.6) is 5.75 Å². The van der Waals surface area contributed by atoms with Gasteiger partial charge in [0.15, 0.2) is 5.96 Å². The van der Waals surface area contributed by atoms with Gasteiger partial charge in [0.05, 0.1) is 30.1 Å². The van der Waals surface area contributed by atoms with Crippen molar-refractivity contribution < 1.29 is 17.9 Å². The standard InChI is InChI=1S/C38H44F3N7O2/c1-22-29-16-25(38(29,2)3)17-31(22)46-37(47-15-13-43-33(21-47)34(40)41)44-26-8-10-28-32(18-26)45-35(24-6-5-12-42-20-24)48(36(28)49)14-11-23-7-9-27(50-4)19-30(23)39/h5-10,12,18-20,22,25,29,31,33-34,43H,11,13-17,21H2,1-4H3,(H,44,46)/t22-,25+,29-,31-,33+/m0/s1. The molecule has 2 bridgehead atoms. The number of piperazine rings is 1. The first-order valence-electron chi connectivity index (χ1n) is 17.4. The number of fused-ring (bicyclic) bond motifs is 3. The summed E-state index contributed by atoms with van der Waals surface area (Å²) in [6, 6.07) is 12.7. The SMILES string of the molecule is COc1ccc(CCn2c(-c3cccnc3)nc3cc(NC(=N[C@H]4C[C@H]5C[C@@H]([C@@H]4C)C5(C)C)N4CCN[C@@H](C(F)F)C4)ccc3c2=O)c(F)c1. The largest absolute Gasteiger partial charge is 0.497 e. The number of anilines is 1. The first kappa shape index (κ1) is 34.0. The van der Waals surface area contributed by atoms with Gasteiger partial charge in [0.2, 0.25) is 0 Å². The molecule has 8 rings (SSSR count). The highest BCUT2D eigenvalue weighted by Crippen LogP contribution is 2.61. The Hall–Kier alpha value is -4.45. The Morgan fingerprint density at radius 3 is 2.72 bits per heavy atom. The van der Waals surface area contributed by atoms with E-state index in [1.165, 1.54) is 19.6 Å². The molecular formula is C38H44F3N7O2. The Morgan fingerprint density at radius 2 is 2.02 bits per heavy atom. The van der Waals surface area contributed by atoms with E-state index in [1.54, 1.807) is 53.4 Å². The minimum absolute atomic E-state index is 0.0765. The predicted molar refractivity (Wildman–Crippen MR) is 189 cm³/mol. The van der Waals surface area contributed by atoms with Crippen molar-refractivity contribution in [3.63, 3.8) is 0 Å². The van der Waals surface area contributed by atoms with Gasteiger partial charge in [-0.05, 0) is 84.4 Å². The molecule has 0 radical (unpaired) electrons. The third kappa shape index (κ3) is 6.45. The van der Waals surface area contributed by atoms with Gasteiger partial charge >= 0.3 is 0 Å². The van der Waals surface area contributed by atoms with Crippen LogP contribution in [0, 0.1) is 29.0 Å². The molecule has 5 atom stereocenters. The van der Waals surface area contributed by atoms with Crippen molar-refractivity contribution in [1.82, 2.24) is 24.8 Å². The summed E-state index contributed by atoms with van der Waals surface area (Å²) in [7, 11) is 1.48. The van der Waals surface area contributed by atoms with Gasteiger partial charge in [-0.1, -0.05) is 26.8 Å². The molecule has 2 N–H and O–H groups in total. The number of hydrogen-bond acceptors (Lipinski definition) is 6. The minimum Gasteiger partial charge on any atom is -0.497 e. The fraction of sp³-hybridized carbons (Fsp3) is 0.474. The van der Waals surface area contributed by atoms with Crippen LogP contribution in [0.2, 0.25) is 0 Å². The van der Waals surface area contributed by atoms with Crippen LogP contribution in [0.25, 0.3) is 22.3 Å². The van der Waals surface area contributed by atoms with E-state index in [1.807, 2.05) is 11.0 Å². The summed E-state index contributed by atoms with van der Waals surface area (Å²) < 4.78 is 49.2. The quantitative estimate of drug-likeness (QED) is 0.168. The van der Waals surface area contributed by atoms with Gasteiger partial charge in [-0.2, -0.15) is 0 Å². The summed E-state index contributed by atoms with van der Waals surface area (Å²) in [6.45, 7) is 8.22. The predicted octanol–water partition coefficient (Wildman–Crippen LogP) is 6.23. The number of nitrogens with one attached hydrogen (secondary N) is 2. The number of pyridine rings is 1. The highest BCUT2D eigenvalue weighted by atomic mass is 19.3. The molecule has 1 aliphatic heterocycles. The fourth-order valence-electron chi connectivity index (χ4n) is 8.22. The lowest BCUT2D eigenvalue weighted by Gasteiger charge is -2.61. The molecule has 9 nitrogen and oxygen atoms in total. The monoisotopic (exact) mass is 687 g/mol. The van der Waals surface area contributed by atoms with Crippen LogP contribution in [0.3, 0.4) is 0 Å². The van der Waals surface area contributed by atoms with Crippen molar-refractivity contribution in [3.8, 4) is 17.1 Å². The maximum absolute atomic E-state index is 14.8. The second kappa shape index (κ2) is 13.7. The van der Waals surface area contributed by atoms with E-state index in [2.05, 4.69) is 36.4 Å². The number of rotatable bonds is 8. The van der Waals surface area contributed by atoms with E-state index in [0.717, 1.165) is 6.42 Å². The third-order valence-electron chi connectivity index (χ3n) is 11.4. The van der Waals surface area contributed by atoms with E-state index < -0.39 is 18.3 Å². The first-order chi connectivity index (χ1) is 24.0. The van der Waals surface area contributed by atoms with Crippen LogP contribution >= 0.6 is 0 Å². The lowest BCUT2D eigenvalue weighted by molar-refractivity contribution is -0.108. The van der Waals surface area contributed by atoms with Gasteiger partial charge in [-0.15, -0.1) is 0 Å². The van der Waals surface area contributed by atoms with Crippen molar-refractivity contribution in [3.05, 3.63) is 82.7 Å². The van der Waals surface area contributed by atoms with Crippen molar-refractivity contribution in [2.45, 2.75) is 65.1 Å². The smallest absolute Gasteiger partial charge is 0.261 e. The zero-order valence-corrected chi connectivity index (χ0v) is 28.9. The molecule has 2 aromatic heterocycles. The number of guanidine groups is 1. The molecule has 264 valence electrons. The Kier molecular flexibility index (Phi) is 9.32. The number of alkyl halides is 2. The van der Waals surface area contributed by atoms with E-state index in [-0.39, 0.29) is 31.1 Å². The Morgan fingerprint density at radius 1 is 1.18 bits per heavy atom. The zero-order chi connectivity index (χ0) is 35.2. The van der Waals surface area contributed by atoms with Crippen LogP contribution in [0.15, 0.2) is 70.7 Å². The lowest BCUT2D eigenvalue weighted by Crippen LogP contribution is -2.58. The number of ether oxygens (including phenoxy) is 1. The second-order valence-corrected chi connectivity index (χ2v) is 14.5. The molecule has 0 amide bonds. The average molecular weight is 688 g/mol. The molecule has 3 aliphatic carbocycles. The number of halogens is 3. The van der Waals surface area contributed by atoms with Crippen molar-refractivity contribution in [2.75, 3.05) is 32.1 Å². The van der Waals surface area contributed by atoms with E-state index in [9.17, 15) is 18.0 Å². The van der Waals surface area contributed by atoms with E-state index >= 15 is 0 Å². The van der Waals surface area contributed by atoms with Crippen LogP contribution in [0.4, 0.5) is 18.9 Å². The number of aliphatic imine (C=N–C) groups is 1. The Bertz CT molecular complexity index is 1950. The minimum atomic E-state index is -2.50. The average Bonchev–Trinajstić information content (AvgIpc) is 3.12. The second-order valence-electron chi connectivity index (χ2n) is 14.5. The molecule has 0 spiro atoms. The summed E-state index contributed by atoms with van der Waals surface area (Å²) >= 11 is 0. The number of hydrogen-bond donors (Lipinski definition) is 2. The molecule has 1 saturated heterocycles. The van der Waals surface area contributed by atoms with E-state index in [0.29, 0.717) is 81.5 Å². The highest BCUT2D eigenvalue weighted by molar-refractivity contribution is 5.96. The molecule has 3 saturated carbocycles. The third-order valence-corrected chi connectivity index (χ3v) is 11.4. The maximum atomic E-state index is 14.8. The van der Waals surface area contributed by atoms with Crippen molar-refractivity contribution in [1.29, 1.82) is 0 Å². The van der Waals surface area contributed by atoms with Gasteiger partial charge < -0.3 is 20.3 Å². The normalized spacial score (nSPS) is 24.7. The molecule has 0 unspecified atom stereocenters. The Labute approximate surface area is 290 Å². The number of methoxy groups -OCH3 is 1. The summed E-state index contributed by atoms with van der Waals surface area (Å²) in [4.78, 5) is 30.4.